The zero-order valence-electron chi connectivity index (χ0n) is 17.1. The molecule has 2 aromatic rings. The van der Waals surface area contributed by atoms with E-state index in [0.717, 1.165) is 17.8 Å². The Morgan fingerprint density at radius 2 is 2.00 bits per heavy atom. The second kappa shape index (κ2) is 9.99. The maximum atomic E-state index is 12.7. The Hall–Kier alpha value is -1.97. The zero-order valence-corrected chi connectivity index (χ0v) is 17.9. The molecule has 0 fully saturated rings. The van der Waals surface area contributed by atoms with Crippen LogP contribution >= 0.6 is 0 Å². The third-order valence-electron chi connectivity index (χ3n) is 4.71. The molecule has 0 unspecified atom stereocenters. The molecular weight excluding hydrogens is 380 g/mol. The lowest BCUT2D eigenvalue weighted by molar-refractivity contribution is -0.121. The van der Waals surface area contributed by atoms with Crippen LogP contribution in [0.3, 0.4) is 0 Å². The number of sulfonamides is 1. The van der Waals surface area contributed by atoms with Gasteiger partial charge in [-0.2, -0.15) is 4.31 Å². The predicted octanol–water partition coefficient (Wildman–Crippen LogP) is 1.69. The molecule has 0 aliphatic rings. The summed E-state index contributed by atoms with van der Waals surface area (Å²) in [6, 6.07) is 4.99. The lowest BCUT2D eigenvalue weighted by Gasteiger charge is -2.18. The molecule has 1 aromatic carbocycles. The van der Waals surface area contributed by atoms with Gasteiger partial charge in [-0.3, -0.25) is 4.79 Å². The van der Waals surface area contributed by atoms with Gasteiger partial charge in [-0.25, -0.2) is 13.4 Å². The smallest absolute Gasteiger partial charge is 0.243 e. The number of hydrogen-bond donors (Lipinski definition) is 1. The Morgan fingerprint density at radius 1 is 1.29 bits per heavy atom. The molecule has 0 spiro atoms. The fourth-order valence-corrected chi connectivity index (χ4v) is 4.56. The van der Waals surface area contributed by atoms with Crippen molar-refractivity contribution >= 4 is 27.0 Å². The number of rotatable bonds is 11. The Kier molecular flexibility index (Phi) is 7.97. The van der Waals surface area contributed by atoms with Crippen LogP contribution in [-0.4, -0.2) is 61.5 Å². The van der Waals surface area contributed by atoms with Gasteiger partial charge in [-0.05, 0) is 24.6 Å². The second-order valence-corrected chi connectivity index (χ2v) is 8.46. The number of methoxy groups -OCH3 is 1. The van der Waals surface area contributed by atoms with Gasteiger partial charge in [0.05, 0.1) is 15.9 Å². The van der Waals surface area contributed by atoms with Gasteiger partial charge in [0.1, 0.15) is 5.82 Å². The van der Waals surface area contributed by atoms with Gasteiger partial charge in [0.2, 0.25) is 15.9 Å². The molecule has 2 rings (SSSR count). The number of benzene rings is 1. The number of nitrogens with one attached hydrogen (secondary N) is 1. The first-order chi connectivity index (χ1) is 13.3. The molecule has 0 aliphatic heterocycles. The van der Waals surface area contributed by atoms with E-state index in [9.17, 15) is 13.2 Å². The Morgan fingerprint density at radius 3 is 2.64 bits per heavy atom. The number of amides is 1. The summed E-state index contributed by atoms with van der Waals surface area (Å²) in [7, 11) is -0.0214. The van der Waals surface area contributed by atoms with Crippen LogP contribution in [0.25, 0.3) is 11.0 Å². The average Bonchev–Trinajstić information content (AvgIpc) is 2.99. The number of hydrogen-bond acceptors (Lipinski definition) is 5. The quantitative estimate of drug-likeness (QED) is 0.569. The maximum absolute atomic E-state index is 12.7. The van der Waals surface area contributed by atoms with E-state index in [1.807, 2.05) is 25.5 Å². The van der Waals surface area contributed by atoms with Crippen LogP contribution < -0.4 is 5.32 Å². The Labute approximate surface area is 166 Å². The van der Waals surface area contributed by atoms with E-state index in [1.165, 1.54) is 4.31 Å². The van der Waals surface area contributed by atoms with Crippen LogP contribution in [0, 0.1) is 0 Å². The third-order valence-corrected chi connectivity index (χ3v) is 6.76. The van der Waals surface area contributed by atoms with Crippen molar-refractivity contribution in [3.63, 3.8) is 0 Å². The van der Waals surface area contributed by atoms with Gasteiger partial charge in [0, 0.05) is 53.2 Å². The molecule has 0 saturated heterocycles. The van der Waals surface area contributed by atoms with Crippen LogP contribution in [0.2, 0.25) is 0 Å². The summed E-state index contributed by atoms with van der Waals surface area (Å²) in [5.41, 5.74) is 1.46. The molecule has 8 nitrogen and oxygen atoms in total. The van der Waals surface area contributed by atoms with Gasteiger partial charge in [-0.15, -0.1) is 0 Å². The van der Waals surface area contributed by atoms with Crippen LogP contribution in [0.15, 0.2) is 23.1 Å². The predicted molar refractivity (Wildman–Crippen MR) is 109 cm³/mol. The molecule has 1 heterocycles. The van der Waals surface area contributed by atoms with E-state index in [-0.39, 0.29) is 10.8 Å². The molecule has 0 atom stereocenters. The van der Waals surface area contributed by atoms with E-state index in [4.69, 9.17) is 4.74 Å². The second-order valence-electron chi connectivity index (χ2n) is 6.52. The van der Waals surface area contributed by atoms with Crippen molar-refractivity contribution in [2.24, 2.45) is 7.05 Å². The average molecular weight is 411 g/mol. The number of fused-ring (bicyclic) bond motifs is 1. The van der Waals surface area contributed by atoms with Gasteiger partial charge >= 0.3 is 0 Å². The summed E-state index contributed by atoms with van der Waals surface area (Å²) in [5, 5.41) is 2.85. The van der Waals surface area contributed by atoms with E-state index >= 15 is 0 Å². The number of carbonyl (C=O) groups excluding carboxylic acids is 1. The van der Waals surface area contributed by atoms with Crippen molar-refractivity contribution in [2.45, 2.75) is 38.0 Å². The van der Waals surface area contributed by atoms with E-state index < -0.39 is 10.0 Å². The van der Waals surface area contributed by atoms with Crippen molar-refractivity contribution in [3.8, 4) is 0 Å². The fraction of sp³-hybridized carbons (Fsp3) is 0.579. The van der Waals surface area contributed by atoms with Crippen LogP contribution in [-0.2, 0) is 33.0 Å². The van der Waals surface area contributed by atoms with Gasteiger partial charge in [0.25, 0.3) is 0 Å². The van der Waals surface area contributed by atoms with Crippen molar-refractivity contribution in [1.29, 1.82) is 0 Å². The summed E-state index contributed by atoms with van der Waals surface area (Å²) in [6.07, 6.45) is 1.59. The summed E-state index contributed by atoms with van der Waals surface area (Å²) in [5.74, 6) is 0.715. The number of aryl methyl sites for hydroxylation is 2. The summed E-state index contributed by atoms with van der Waals surface area (Å²) >= 11 is 0. The maximum Gasteiger partial charge on any atom is 0.243 e. The highest BCUT2D eigenvalue weighted by Crippen LogP contribution is 2.22. The van der Waals surface area contributed by atoms with Crippen LogP contribution in [0.4, 0.5) is 0 Å². The van der Waals surface area contributed by atoms with Crippen molar-refractivity contribution in [3.05, 3.63) is 24.0 Å². The first-order valence-corrected chi connectivity index (χ1v) is 11.0. The summed E-state index contributed by atoms with van der Waals surface area (Å²) < 4.78 is 33.7. The minimum Gasteiger partial charge on any atom is -0.385 e. The number of nitrogens with zero attached hydrogens (tertiary/aromatic N) is 3. The first kappa shape index (κ1) is 22.3. The molecule has 1 aromatic heterocycles. The highest BCUT2D eigenvalue weighted by molar-refractivity contribution is 7.89. The van der Waals surface area contributed by atoms with Crippen LogP contribution in [0.1, 0.15) is 32.5 Å². The number of imidazole rings is 1. The Bertz CT molecular complexity index is 904. The van der Waals surface area contributed by atoms with Crippen molar-refractivity contribution < 1.29 is 17.9 Å². The minimum atomic E-state index is -3.53. The van der Waals surface area contributed by atoms with E-state index in [0.29, 0.717) is 44.6 Å². The molecule has 156 valence electrons. The fourth-order valence-electron chi connectivity index (χ4n) is 3.08. The molecule has 28 heavy (non-hydrogen) atoms. The molecule has 0 aliphatic carbocycles. The molecule has 9 heteroatoms. The molecular formula is C19H30N4O4S. The number of aromatic nitrogens is 2. The molecule has 0 bridgehead atoms. The zero-order chi connectivity index (χ0) is 20.7. The molecule has 0 radical (unpaired) electrons. The van der Waals surface area contributed by atoms with Crippen LogP contribution in [0.5, 0.6) is 0 Å². The summed E-state index contributed by atoms with van der Waals surface area (Å²) in [4.78, 5) is 16.8. The largest absolute Gasteiger partial charge is 0.385 e. The van der Waals surface area contributed by atoms with Gasteiger partial charge in [-0.1, -0.05) is 13.8 Å². The normalized spacial score (nSPS) is 12.0. The van der Waals surface area contributed by atoms with Crippen molar-refractivity contribution in [2.75, 3.05) is 33.4 Å². The summed E-state index contributed by atoms with van der Waals surface area (Å²) in [6.45, 7) is 5.68. The lowest BCUT2D eigenvalue weighted by Crippen LogP contribution is -2.30. The Balaban J connectivity index is 2.13. The molecule has 1 N–H and O–H groups in total. The van der Waals surface area contributed by atoms with E-state index in [2.05, 4.69) is 10.3 Å². The van der Waals surface area contributed by atoms with Gasteiger partial charge in [0.15, 0.2) is 0 Å². The topological polar surface area (TPSA) is 93.5 Å². The minimum absolute atomic E-state index is 0.0343. The molecule has 0 saturated carbocycles. The number of carbonyl (C=O) groups is 1. The molecule has 1 amide bonds. The SMILES string of the molecule is CCN(CC)S(=O)(=O)c1ccc2c(c1)nc(CCC(=O)NCCCOC)n2C. The monoisotopic (exact) mass is 410 g/mol. The highest BCUT2D eigenvalue weighted by atomic mass is 32.2. The van der Waals surface area contributed by atoms with Gasteiger partial charge < -0.3 is 14.6 Å². The first-order valence-electron chi connectivity index (χ1n) is 9.56. The third kappa shape index (κ3) is 5.09. The highest BCUT2D eigenvalue weighted by Gasteiger charge is 2.22. The van der Waals surface area contributed by atoms with E-state index in [1.54, 1.807) is 25.3 Å². The number of ether oxygens (including phenoxy) is 1. The standard InChI is InChI=1S/C19H30N4O4S/c1-5-23(6-2)28(25,26)15-8-9-17-16(14-15)21-18(22(17)3)10-11-19(24)20-12-7-13-27-4/h8-9,14H,5-7,10-13H2,1-4H3,(H,20,24). The lowest BCUT2D eigenvalue weighted by atomic mass is 10.2. The van der Waals surface area contributed by atoms with Crippen molar-refractivity contribution in [1.82, 2.24) is 19.2 Å².